The number of carboxylic acids is 1. The monoisotopic (exact) mass is 280 g/mol. The summed E-state index contributed by atoms with van der Waals surface area (Å²) >= 11 is 0. The number of likely N-dealkylation sites (tertiary alicyclic amines) is 1. The summed E-state index contributed by atoms with van der Waals surface area (Å²) in [7, 11) is 0. The van der Waals surface area contributed by atoms with Gasteiger partial charge in [-0.25, -0.2) is 9.18 Å². The molecule has 1 fully saturated rings. The number of carboxylic acid groups (broad SMARTS) is 1. The summed E-state index contributed by atoms with van der Waals surface area (Å²) in [6.45, 7) is 3.70. The molecule has 2 N–H and O–H groups in total. The van der Waals surface area contributed by atoms with Gasteiger partial charge in [0.2, 0.25) is 0 Å². The highest BCUT2D eigenvalue weighted by Crippen LogP contribution is 2.30. The lowest BCUT2D eigenvalue weighted by molar-refractivity contribution is -0.146. The van der Waals surface area contributed by atoms with Gasteiger partial charge in [-0.05, 0) is 31.9 Å². The zero-order valence-electron chi connectivity index (χ0n) is 11.4. The first-order valence-electron chi connectivity index (χ1n) is 6.38. The normalized spacial score (nSPS) is 21.9. The standard InChI is InChI=1S/C14H17FN2O3/c1-9-4-3-5-10(11(9)15)16-13(20)17-7-6-14(2,8-17)12(18)19/h3-5H,6-8H2,1-2H3,(H,16,20)(H,18,19). The maximum absolute atomic E-state index is 13.8. The lowest BCUT2D eigenvalue weighted by Crippen LogP contribution is -2.37. The number of nitrogens with zero attached hydrogens (tertiary/aromatic N) is 1. The molecule has 1 atom stereocenters. The third-order valence-corrected chi connectivity index (χ3v) is 3.71. The van der Waals surface area contributed by atoms with Gasteiger partial charge in [-0.3, -0.25) is 4.79 Å². The predicted octanol–water partition coefficient (Wildman–Crippen LogP) is 2.46. The molecule has 1 unspecified atom stereocenters. The summed E-state index contributed by atoms with van der Waals surface area (Å²) in [6, 6.07) is 4.27. The van der Waals surface area contributed by atoms with Crippen molar-refractivity contribution < 1.29 is 19.1 Å². The van der Waals surface area contributed by atoms with Crippen molar-refractivity contribution in [2.24, 2.45) is 5.41 Å². The molecule has 1 heterocycles. The van der Waals surface area contributed by atoms with Crippen LogP contribution in [0.4, 0.5) is 14.9 Å². The van der Waals surface area contributed by atoms with Crippen molar-refractivity contribution in [3.05, 3.63) is 29.6 Å². The summed E-state index contributed by atoms with van der Waals surface area (Å²) in [5.74, 6) is -1.39. The third kappa shape index (κ3) is 2.59. The minimum absolute atomic E-state index is 0.110. The average Bonchev–Trinajstić information content (AvgIpc) is 2.79. The molecule has 20 heavy (non-hydrogen) atoms. The van der Waals surface area contributed by atoms with Crippen LogP contribution in [0.5, 0.6) is 0 Å². The molecular formula is C14H17FN2O3. The molecule has 0 aromatic heterocycles. The van der Waals surface area contributed by atoms with Gasteiger partial charge in [0.15, 0.2) is 0 Å². The van der Waals surface area contributed by atoms with Crippen LogP contribution >= 0.6 is 0 Å². The number of halogens is 1. The Balaban J connectivity index is 2.07. The van der Waals surface area contributed by atoms with Crippen molar-refractivity contribution in [3.8, 4) is 0 Å². The first kappa shape index (κ1) is 14.3. The summed E-state index contributed by atoms with van der Waals surface area (Å²) < 4.78 is 13.8. The van der Waals surface area contributed by atoms with Crippen LogP contribution in [-0.4, -0.2) is 35.1 Å². The third-order valence-electron chi connectivity index (χ3n) is 3.71. The van der Waals surface area contributed by atoms with Gasteiger partial charge in [-0.2, -0.15) is 0 Å². The molecule has 1 aliphatic rings. The topological polar surface area (TPSA) is 69.6 Å². The van der Waals surface area contributed by atoms with E-state index in [4.69, 9.17) is 5.11 Å². The molecule has 1 aromatic carbocycles. The van der Waals surface area contributed by atoms with Gasteiger partial charge in [-0.1, -0.05) is 12.1 Å². The number of benzene rings is 1. The molecule has 0 saturated carbocycles. The van der Waals surface area contributed by atoms with Crippen LogP contribution in [0, 0.1) is 18.2 Å². The Bertz CT molecular complexity index is 561. The number of hydrogen-bond acceptors (Lipinski definition) is 2. The average molecular weight is 280 g/mol. The van der Waals surface area contributed by atoms with Crippen LogP contribution in [0.3, 0.4) is 0 Å². The highest BCUT2D eigenvalue weighted by atomic mass is 19.1. The lowest BCUT2D eigenvalue weighted by atomic mass is 9.90. The molecule has 0 spiro atoms. The van der Waals surface area contributed by atoms with Gasteiger partial charge in [0, 0.05) is 13.1 Å². The van der Waals surface area contributed by atoms with Crippen LogP contribution in [0.1, 0.15) is 18.9 Å². The molecule has 108 valence electrons. The van der Waals surface area contributed by atoms with Crippen LogP contribution in [0.15, 0.2) is 18.2 Å². The summed E-state index contributed by atoms with van der Waals surface area (Å²) in [5, 5.41) is 11.6. The number of urea groups is 1. The number of carbonyl (C=O) groups is 2. The Kier molecular flexibility index (Phi) is 3.65. The molecule has 2 rings (SSSR count). The second-order valence-electron chi connectivity index (χ2n) is 5.40. The summed E-state index contributed by atoms with van der Waals surface area (Å²) in [5.41, 5.74) is -0.374. The van der Waals surface area contributed by atoms with Gasteiger partial charge in [0.05, 0.1) is 11.1 Å². The van der Waals surface area contributed by atoms with E-state index in [1.54, 1.807) is 26.0 Å². The molecule has 1 saturated heterocycles. The van der Waals surface area contributed by atoms with Crippen LogP contribution < -0.4 is 5.32 Å². The van der Waals surface area contributed by atoms with Gasteiger partial charge >= 0.3 is 12.0 Å². The fourth-order valence-corrected chi connectivity index (χ4v) is 2.25. The molecule has 2 amide bonds. The van der Waals surface area contributed by atoms with Crippen molar-refractivity contribution in [3.63, 3.8) is 0 Å². The Hall–Kier alpha value is -2.11. The van der Waals surface area contributed by atoms with Crippen LogP contribution in [-0.2, 0) is 4.79 Å². The van der Waals surface area contributed by atoms with E-state index in [1.807, 2.05) is 0 Å². The highest BCUT2D eigenvalue weighted by Gasteiger charge is 2.42. The number of amides is 2. The molecule has 0 bridgehead atoms. The lowest BCUT2D eigenvalue weighted by Gasteiger charge is -2.20. The van der Waals surface area contributed by atoms with Gasteiger partial charge < -0.3 is 15.3 Å². The first-order chi connectivity index (χ1) is 9.33. The number of hydrogen-bond donors (Lipinski definition) is 2. The molecule has 0 aliphatic carbocycles. The molecule has 5 nitrogen and oxygen atoms in total. The highest BCUT2D eigenvalue weighted by molar-refractivity contribution is 5.90. The molecule has 1 aliphatic heterocycles. The Morgan fingerprint density at radius 3 is 2.75 bits per heavy atom. The molecule has 6 heteroatoms. The van der Waals surface area contributed by atoms with E-state index in [0.717, 1.165) is 0 Å². The Morgan fingerprint density at radius 2 is 2.15 bits per heavy atom. The maximum Gasteiger partial charge on any atom is 0.321 e. The summed E-state index contributed by atoms with van der Waals surface area (Å²) in [6.07, 6.45) is 0.395. The number of nitrogens with one attached hydrogen (secondary N) is 1. The van der Waals surface area contributed by atoms with Crippen molar-refractivity contribution in [1.29, 1.82) is 0 Å². The second-order valence-corrected chi connectivity index (χ2v) is 5.40. The van der Waals surface area contributed by atoms with E-state index in [0.29, 0.717) is 18.5 Å². The Labute approximate surface area is 116 Å². The van der Waals surface area contributed by atoms with E-state index >= 15 is 0 Å². The van der Waals surface area contributed by atoms with Crippen molar-refractivity contribution in [2.45, 2.75) is 20.3 Å². The maximum atomic E-state index is 13.8. The zero-order valence-corrected chi connectivity index (χ0v) is 11.4. The van der Waals surface area contributed by atoms with E-state index in [2.05, 4.69) is 5.32 Å². The van der Waals surface area contributed by atoms with Crippen molar-refractivity contribution >= 4 is 17.7 Å². The smallest absolute Gasteiger partial charge is 0.321 e. The van der Waals surface area contributed by atoms with E-state index < -0.39 is 23.2 Å². The van der Waals surface area contributed by atoms with E-state index in [-0.39, 0.29) is 12.2 Å². The minimum atomic E-state index is -0.928. The number of anilines is 1. The van der Waals surface area contributed by atoms with Crippen LogP contribution in [0.25, 0.3) is 0 Å². The molecular weight excluding hydrogens is 263 g/mol. The molecule has 0 radical (unpaired) electrons. The van der Waals surface area contributed by atoms with E-state index in [1.165, 1.54) is 11.0 Å². The van der Waals surface area contributed by atoms with Crippen LogP contribution in [0.2, 0.25) is 0 Å². The van der Waals surface area contributed by atoms with Gasteiger partial charge in [0.25, 0.3) is 0 Å². The van der Waals surface area contributed by atoms with Gasteiger partial charge in [0.1, 0.15) is 5.82 Å². The predicted molar refractivity (Wildman–Crippen MR) is 72.1 cm³/mol. The van der Waals surface area contributed by atoms with E-state index in [9.17, 15) is 14.0 Å². The molecule has 1 aromatic rings. The fraction of sp³-hybridized carbons (Fsp3) is 0.429. The SMILES string of the molecule is Cc1cccc(NC(=O)N2CCC(C)(C(=O)O)C2)c1F. The summed E-state index contributed by atoms with van der Waals surface area (Å²) in [4.78, 5) is 24.6. The number of rotatable bonds is 2. The largest absolute Gasteiger partial charge is 0.481 e. The fourth-order valence-electron chi connectivity index (χ4n) is 2.25. The number of carbonyl (C=O) groups excluding carboxylic acids is 1. The number of aryl methyl sites for hydroxylation is 1. The Morgan fingerprint density at radius 1 is 1.45 bits per heavy atom. The zero-order chi connectivity index (χ0) is 14.9. The first-order valence-corrected chi connectivity index (χ1v) is 6.38. The number of aliphatic carboxylic acids is 1. The van der Waals surface area contributed by atoms with Crippen molar-refractivity contribution in [1.82, 2.24) is 4.90 Å². The quantitative estimate of drug-likeness (QED) is 0.874. The minimum Gasteiger partial charge on any atom is -0.481 e. The van der Waals surface area contributed by atoms with Gasteiger partial charge in [-0.15, -0.1) is 0 Å². The van der Waals surface area contributed by atoms with Crippen molar-refractivity contribution in [2.75, 3.05) is 18.4 Å². The second kappa shape index (κ2) is 5.11.